The molecule has 0 atom stereocenters. The molecule has 0 aliphatic carbocycles. The van der Waals surface area contributed by atoms with E-state index >= 15 is 0 Å². The molecule has 0 saturated carbocycles. The van der Waals surface area contributed by atoms with Crippen LogP contribution in [0.4, 0.5) is 26.3 Å². The van der Waals surface area contributed by atoms with E-state index in [1.165, 1.54) is 0 Å². The summed E-state index contributed by atoms with van der Waals surface area (Å²) in [5.74, 6) is 0. The van der Waals surface area contributed by atoms with Gasteiger partial charge >= 0.3 is 190 Å². The van der Waals surface area contributed by atoms with Gasteiger partial charge in [-0.05, 0) is 0 Å². The Morgan fingerprint density at radius 2 is 0.871 bits per heavy atom. The number of alkyl halides is 6. The van der Waals surface area contributed by atoms with E-state index < -0.39 is 44.4 Å². The van der Waals surface area contributed by atoms with Gasteiger partial charge in [-0.25, -0.2) is 0 Å². The number of halogens is 6. The van der Waals surface area contributed by atoms with Crippen molar-refractivity contribution in [2.24, 2.45) is 0 Å². The van der Waals surface area contributed by atoms with Gasteiger partial charge in [0.25, 0.3) is 0 Å². The van der Waals surface area contributed by atoms with Crippen LogP contribution in [0.3, 0.4) is 0 Å². The summed E-state index contributed by atoms with van der Waals surface area (Å²) < 4.78 is 88.7. The van der Waals surface area contributed by atoms with Crippen LogP contribution in [0, 0.1) is 0 Å². The summed E-state index contributed by atoms with van der Waals surface area (Å²) in [6.45, 7) is 4.97. The first-order valence-corrected chi connectivity index (χ1v) is 18.3. The Labute approximate surface area is 189 Å². The Hall–Kier alpha value is 0.299. The van der Waals surface area contributed by atoms with Crippen LogP contribution in [0.1, 0.15) is 104 Å². The van der Waals surface area contributed by atoms with E-state index in [0.717, 1.165) is 64.2 Å². The second kappa shape index (κ2) is 17.7. The topological polar surface area (TPSA) is 18.5 Å². The number of rotatable bonds is 20. The van der Waals surface area contributed by atoms with Crippen molar-refractivity contribution in [2.45, 2.75) is 125 Å². The molecule has 0 heterocycles. The van der Waals surface area contributed by atoms with Crippen molar-refractivity contribution in [2.75, 3.05) is 13.2 Å². The van der Waals surface area contributed by atoms with Crippen LogP contribution in [0.25, 0.3) is 0 Å². The number of unbranched alkanes of at least 4 members (excludes halogenated alkanes) is 8. The summed E-state index contributed by atoms with van der Waals surface area (Å²) in [5.41, 5.74) is 0. The molecule has 31 heavy (non-hydrogen) atoms. The second-order valence-corrected chi connectivity index (χ2v) is 18.1. The molecule has 0 aliphatic rings. The van der Waals surface area contributed by atoms with Gasteiger partial charge in [-0.3, -0.25) is 0 Å². The average Bonchev–Trinajstić information content (AvgIpc) is 2.65. The predicted molar refractivity (Wildman–Crippen MR) is 115 cm³/mol. The van der Waals surface area contributed by atoms with E-state index in [4.69, 9.17) is 6.15 Å². The fourth-order valence-electron chi connectivity index (χ4n) is 3.50. The molecule has 0 aliphatic heterocycles. The van der Waals surface area contributed by atoms with E-state index in [0.29, 0.717) is 13.2 Å². The molecule has 0 N–H and O–H groups in total. The molecule has 0 aromatic carbocycles. The summed E-state index contributed by atoms with van der Waals surface area (Å²) >= 11 is -4.03. The van der Waals surface area contributed by atoms with Gasteiger partial charge in [0.2, 0.25) is 0 Å². The van der Waals surface area contributed by atoms with Crippen molar-refractivity contribution in [1.82, 2.24) is 0 Å². The summed E-state index contributed by atoms with van der Waals surface area (Å²) in [7, 11) is 0. The zero-order chi connectivity index (χ0) is 23.6. The van der Waals surface area contributed by atoms with Crippen molar-refractivity contribution >= 4 is 19.2 Å². The van der Waals surface area contributed by atoms with Gasteiger partial charge in [-0.15, -0.1) is 0 Å². The number of hydrogen-bond donors (Lipinski definition) is 0. The Balaban J connectivity index is 4.94. The second-order valence-electron chi connectivity index (χ2n) is 8.37. The van der Waals surface area contributed by atoms with Crippen LogP contribution in [0.15, 0.2) is 0 Å². The van der Waals surface area contributed by atoms with Gasteiger partial charge < -0.3 is 0 Å². The molecular weight excluding hydrogens is 529 g/mol. The minimum atomic E-state index is -4.27. The third kappa shape index (κ3) is 20.6. The fourth-order valence-corrected chi connectivity index (χ4v) is 13.1. The van der Waals surface area contributed by atoms with E-state index in [1.54, 1.807) is 0 Å². The molecule has 0 aromatic rings. The molecule has 0 spiro atoms. The van der Waals surface area contributed by atoms with Crippen LogP contribution in [-0.2, 0) is 6.15 Å². The SMILES string of the molecule is CCCCCCC[O][Sn]([CH2]CCC(F)(F)F)([CH2]CCC(F)(F)F)[O]CCCCCCC. The molecule has 2 nitrogen and oxygen atoms in total. The van der Waals surface area contributed by atoms with Crippen molar-refractivity contribution in [3.05, 3.63) is 0 Å². The Kier molecular flexibility index (Phi) is 17.9. The Bertz CT molecular complexity index is 378. The fraction of sp³-hybridized carbons (Fsp3) is 1.00. The van der Waals surface area contributed by atoms with Crippen LogP contribution < -0.4 is 0 Å². The molecule has 0 saturated heterocycles. The van der Waals surface area contributed by atoms with Gasteiger partial charge in [0, 0.05) is 0 Å². The quantitative estimate of drug-likeness (QED) is 0.0825. The maximum absolute atomic E-state index is 12.7. The molecule has 188 valence electrons. The van der Waals surface area contributed by atoms with Gasteiger partial charge in [-0.1, -0.05) is 0 Å². The van der Waals surface area contributed by atoms with Crippen LogP contribution >= 0.6 is 0 Å². The first-order chi connectivity index (χ1) is 14.5. The third-order valence-electron chi connectivity index (χ3n) is 5.26. The zero-order valence-electron chi connectivity index (χ0n) is 19.3. The van der Waals surface area contributed by atoms with Gasteiger partial charge in [0.15, 0.2) is 0 Å². The Morgan fingerprint density at radius 1 is 0.516 bits per heavy atom. The van der Waals surface area contributed by atoms with Gasteiger partial charge in [0.05, 0.1) is 0 Å². The standard InChI is InChI=1S/2C7H15O.2C4H6F3.Sn/c2*1-2-3-4-5-6-7-8;2*1-2-3-4(5,6)7;/h2*2-7H2,1H3;2*1-3H2;/q2*-1;;;+2. The summed E-state index contributed by atoms with van der Waals surface area (Å²) in [4.78, 5) is 0. The summed E-state index contributed by atoms with van der Waals surface area (Å²) in [6, 6.07) is 0. The van der Waals surface area contributed by atoms with Crippen molar-refractivity contribution in [3.63, 3.8) is 0 Å². The van der Waals surface area contributed by atoms with E-state index in [1.807, 2.05) is 0 Å². The van der Waals surface area contributed by atoms with Gasteiger partial charge in [0.1, 0.15) is 0 Å². The molecule has 0 unspecified atom stereocenters. The van der Waals surface area contributed by atoms with Crippen LogP contribution in [0.5, 0.6) is 0 Å². The molecule has 0 amide bonds. The molecule has 0 bridgehead atoms. The van der Waals surface area contributed by atoms with Crippen LogP contribution in [0.2, 0.25) is 8.87 Å². The predicted octanol–water partition coefficient (Wildman–Crippen LogP) is 9.09. The van der Waals surface area contributed by atoms with Crippen molar-refractivity contribution in [1.29, 1.82) is 0 Å². The monoisotopic (exact) mass is 572 g/mol. The molecule has 0 aromatic heterocycles. The normalized spacial score (nSPS) is 13.2. The van der Waals surface area contributed by atoms with Crippen molar-refractivity contribution < 1.29 is 32.5 Å². The first-order valence-electron chi connectivity index (χ1n) is 11.9. The molecule has 0 rings (SSSR count). The van der Waals surface area contributed by atoms with Crippen LogP contribution in [-0.4, -0.2) is 44.8 Å². The summed E-state index contributed by atoms with van der Waals surface area (Å²) in [5, 5.41) is 0. The molecule has 0 radical (unpaired) electrons. The maximum atomic E-state index is 12.7. The van der Waals surface area contributed by atoms with Gasteiger partial charge in [-0.2, -0.15) is 0 Å². The van der Waals surface area contributed by atoms with E-state index in [-0.39, 0.29) is 21.7 Å². The first kappa shape index (κ1) is 31.3. The van der Waals surface area contributed by atoms with E-state index in [9.17, 15) is 26.3 Å². The van der Waals surface area contributed by atoms with Crippen molar-refractivity contribution in [3.8, 4) is 0 Å². The summed E-state index contributed by atoms with van der Waals surface area (Å²) in [6.07, 6.45) is -0.687. The Morgan fingerprint density at radius 3 is 1.19 bits per heavy atom. The molecule has 9 heteroatoms. The van der Waals surface area contributed by atoms with E-state index in [2.05, 4.69) is 13.8 Å². The third-order valence-corrected chi connectivity index (χ3v) is 15.8. The molecule has 0 fully saturated rings. The molecular formula is C22H42F6O2Sn. The zero-order valence-corrected chi connectivity index (χ0v) is 22.2. The number of hydrogen-bond acceptors (Lipinski definition) is 2. The average molecular weight is 571 g/mol. The minimum absolute atomic E-state index is 0.128.